The van der Waals surface area contributed by atoms with Crippen molar-refractivity contribution in [2.24, 2.45) is 0 Å². The lowest BCUT2D eigenvalue weighted by Crippen LogP contribution is -2.43. The van der Waals surface area contributed by atoms with Crippen LogP contribution in [0.15, 0.2) is 64.4 Å². The quantitative estimate of drug-likeness (QED) is 0.508. The summed E-state index contributed by atoms with van der Waals surface area (Å²) in [5, 5.41) is 2.82. The third kappa shape index (κ3) is 3.99. The molecule has 0 unspecified atom stereocenters. The molecule has 4 aromatic rings. The van der Waals surface area contributed by atoms with Crippen LogP contribution in [0.1, 0.15) is 23.6 Å². The molecule has 8 heteroatoms. The van der Waals surface area contributed by atoms with Gasteiger partial charge in [0.15, 0.2) is 11.2 Å². The largest absolute Gasteiger partial charge is 0.333 e. The number of amides is 1. The molecule has 8 nitrogen and oxygen atoms in total. The van der Waals surface area contributed by atoms with E-state index in [2.05, 4.69) is 10.3 Å². The second kappa shape index (κ2) is 8.66. The number of carbonyl (C=O) groups is 1. The summed E-state index contributed by atoms with van der Waals surface area (Å²) in [6, 6.07) is 15.2. The molecule has 0 aliphatic heterocycles. The lowest BCUT2D eigenvalue weighted by molar-refractivity contribution is -0.116. The fourth-order valence-electron chi connectivity index (χ4n) is 3.73. The number of carbonyl (C=O) groups excluding carboxylic acids is 1. The van der Waals surface area contributed by atoms with E-state index in [1.54, 1.807) is 10.9 Å². The summed E-state index contributed by atoms with van der Waals surface area (Å²) < 4.78 is 4.13. The highest BCUT2D eigenvalue weighted by atomic mass is 16.2. The van der Waals surface area contributed by atoms with Gasteiger partial charge in [-0.25, -0.2) is 14.3 Å². The molecular weight excluding hydrogens is 406 g/mol. The number of nitrogens with zero attached hydrogens (tertiary/aromatic N) is 4. The highest BCUT2D eigenvalue weighted by Crippen LogP contribution is 2.16. The highest BCUT2D eigenvalue weighted by molar-refractivity contribution is 5.91. The van der Waals surface area contributed by atoms with E-state index in [-0.39, 0.29) is 13.1 Å². The number of benzene rings is 2. The Morgan fingerprint density at radius 3 is 2.50 bits per heavy atom. The molecule has 2 aromatic carbocycles. The summed E-state index contributed by atoms with van der Waals surface area (Å²) in [6.07, 6.45) is 1.55. The van der Waals surface area contributed by atoms with Crippen LogP contribution >= 0.6 is 0 Å². The second-order valence-electron chi connectivity index (χ2n) is 7.81. The molecule has 0 spiro atoms. The molecule has 2 aromatic heterocycles. The van der Waals surface area contributed by atoms with E-state index < -0.39 is 17.2 Å². The van der Waals surface area contributed by atoms with Gasteiger partial charge in [-0.1, -0.05) is 42.5 Å². The Morgan fingerprint density at radius 2 is 1.78 bits per heavy atom. The standard InChI is InChI=1S/C24H25N5O3/c1-4-27-15-25-22-21(27)23(31)29(24(32)28(22)13-18-8-6-5-7-9-18)14-20(30)26-19-12-16(2)10-11-17(19)3/h5-12,15H,4,13-14H2,1-3H3,(H,26,30). The minimum atomic E-state index is -0.566. The Hall–Kier alpha value is -3.94. The van der Waals surface area contributed by atoms with Gasteiger partial charge in [-0.05, 0) is 43.5 Å². The minimum absolute atomic E-state index is 0.246. The summed E-state index contributed by atoms with van der Waals surface area (Å²) >= 11 is 0. The number of hydrogen-bond donors (Lipinski definition) is 1. The zero-order valence-electron chi connectivity index (χ0n) is 18.3. The summed E-state index contributed by atoms with van der Waals surface area (Å²) in [6.45, 7) is 6.09. The van der Waals surface area contributed by atoms with Crippen molar-refractivity contribution in [1.82, 2.24) is 18.7 Å². The number of aryl methyl sites for hydroxylation is 3. The maximum Gasteiger partial charge on any atom is 0.333 e. The number of imidazole rings is 1. The third-order valence-corrected chi connectivity index (χ3v) is 5.48. The van der Waals surface area contributed by atoms with Crippen LogP contribution in [0.25, 0.3) is 11.2 Å². The Kier molecular flexibility index (Phi) is 5.77. The predicted molar refractivity (Wildman–Crippen MR) is 124 cm³/mol. The van der Waals surface area contributed by atoms with Gasteiger partial charge in [0.1, 0.15) is 6.54 Å². The van der Waals surface area contributed by atoms with Crippen molar-refractivity contribution in [2.75, 3.05) is 5.32 Å². The van der Waals surface area contributed by atoms with E-state index in [0.717, 1.165) is 21.3 Å². The second-order valence-corrected chi connectivity index (χ2v) is 7.81. The summed E-state index contributed by atoms with van der Waals surface area (Å²) in [4.78, 5) is 43.7. The van der Waals surface area contributed by atoms with Crippen LogP contribution in [0, 0.1) is 13.8 Å². The van der Waals surface area contributed by atoms with Gasteiger partial charge < -0.3 is 9.88 Å². The maximum absolute atomic E-state index is 13.3. The molecule has 0 fully saturated rings. The average Bonchev–Trinajstić information content (AvgIpc) is 3.22. The SMILES string of the molecule is CCn1cnc2c1c(=O)n(CC(=O)Nc1cc(C)ccc1C)c(=O)n2Cc1ccccc1. The number of nitrogens with one attached hydrogen (secondary N) is 1. The predicted octanol–water partition coefficient (Wildman–Crippen LogP) is 2.68. The van der Waals surface area contributed by atoms with Crippen LogP contribution < -0.4 is 16.6 Å². The van der Waals surface area contributed by atoms with Gasteiger partial charge in [-0.2, -0.15) is 0 Å². The highest BCUT2D eigenvalue weighted by Gasteiger charge is 2.20. The number of aromatic nitrogens is 4. The van der Waals surface area contributed by atoms with Crippen LogP contribution in [0.2, 0.25) is 0 Å². The molecular formula is C24H25N5O3. The fourth-order valence-corrected chi connectivity index (χ4v) is 3.73. The first kappa shape index (κ1) is 21.3. The molecule has 0 bridgehead atoms. The lowest BCUT2D eigenvalue weighted by Gasteiger charge is -2.13. The monoisotopic (exact) mass is 431 g/mol. The normalized spacial score (nSPS) is 11.1. The molecule has 1 N–H and O–H groups in total. The first-order valence-electron chi connectivity index (χ1n) is 10.5. The van der Waals surface area contributed by atoms with E-state index in [0.29, 0.717) is 23.4 Å². The summed E-state index contributed by atoms with van der Waals surface area (Å²) in [5.74, 6) is -0.439. The van der Waals surface area contributed by atoms with Gasteiger partial charge in [-0.3, -0.25) is 14.2 Å². The molecule has 0 atom stereocenters. The number of hydrogen-bond acceptors (Lipinski definition) is 4. The van der Waals surface area contributed by atoms with Gasteiger partial charge >= 0.3 is 5.69 Å². The molecule has 0 saturated heterocycles. The molecule has 0 aliphatic carbocycles. The van der Waals surface area contributed by atoms with Gasteiger partial charge in [0, 0.05) is 12.2 Å². The molecule has 1 amide bonds. The number of fused-ring (bicyclic) bond motifs is 1. The first-order chi connectivity index (χ1) is 15.4. The molecule has 0 saturated carbocycles. The Bertz CT molecular complexity index is 1410. The minimum Gasteiger partial charge on any atom is -0.325 e. The van der Waals surface area contributed by atoms with Crippen molar-refractivity contribution >= 4 is 22.8 Å². The van der Waals surface area contributed by atoms with Crippen LogP contribution in [0.3, 0.4) is 0 Å². The molecule has 0 aliphatic rings. The lowest BCUT2D eigenvalue weighted by atomic mass is 10.1. The average molecular weight is 431 g/mol. The van der Waals surface area contributed by atoms with Gasteiger partial charge in [0.25, 0.3) is 5.56 Å². The maximum atomic E-state index is 13.3. The van der Waals surface area contributed by atoms with Crippen molar-refractivity contribution in [2.45, 2.75) is 40.4 Å². The Balaban J connectivity index is 1.78. The topological polar surface area (TPSA) is 90.9 Å². The van der Waals surface area contributed by atoms with E-state index in [4.69, 9.17) is 0 Å². The van der Waals surface area contributed by atoms with Crippen LogP contribution in [0.5, 0.6) is 0 Å². The van der Waals surface area contributed by atoms with Crippen molar-refractivity contribution in [3.05, 3.63) is 92.4 Å². The van der Waals surface area contributed by atoms with Crippen molar-refractivity contribution in [3.63, 3.8) is 0 Å². The van der Waals surface area contributed by atoms with Crippen LogP contribution in [-0.4, -0.2) is 24.6 Å². The van der Waals surface area contributed by atoms with Crippen LogP contribution in [0.4, 0.5) is 5.69 Å². The van der Waals surface area contributed by atoms with Crippen molar-refractivity contribution < 1.29 is 4.79 Å². The third-order valence-electron chi connectivity index (χ3n) is 5.48. The van der Waals surface area contributed by atoms with E-state index in [1.807, 2.05) is 69.3 Å². The van der Waals surface area contributed by atoms with Gasteiger partial charge in [0.2, 0.25) is 5.91 Å². The van der Waals surface area contributed by atoms with Crippen molar-refractivity contribution in [3.8, 4) is 0 Å². The van der Waals surface area contributed by atoms with Gasteiger partial charge in [-0.15, -0.1) is 0 Å². The smallest absolute Gasteiger partial charge is 0.325 e. The molecule has 4 rings (SSSR count). The zero-order valence-corrected chi connectivity index (χ0v) is 18.3. The number of rotatable bonds is 6. The van der Waals surface area contributed by atoms with Crippen LogP contribution in [-0.2, 0) is 24.4 Å². The molecule has 0 radical (unpaired) electrons. The van der Waals surface area contributed by atoms with Crippen molar-refractivity contribution in [1.29, 1.82) is 0 Å². The first-order valence-corrected chi connectivity index (χ1v) is 10.5. The van der Waals surface area contributed by atoms with Gasteiger partial charge in [0.05, 0.1) is 12.9 Å². The summed E-state index contributed by atoms with van der Waals surface area (Å²) in [7, 11) is 0. The van der Waals surface area contributed by atoms with E-state index in [9.17, 15) is 14.4 Å². The fraction of sp³-hybridized carbons (Fsp3) is 0.250. The molecule has 2 heterocycles. The Labute approximate surface area is 184 Å². The molecule has 32 heavy (non-hydrogen) atoms. The Morgan fingerprint density at radius 1 is 1.03 bits per heavy atom. The zero-order chi connectivity index (χ0) is 22.8. The van der Waals surface area contributed by atoms with E-state index >= 15 is 0 Å². The number of anilines is 1. The molecule has 164 valence electrons. The van der Waals surface area contributed by atoms with E-state index in [1.165, 1.54) is 4.57 Å². The summed E-state index contributed by atoms with van der Waals surface area (Å²) in [5.41, 5.74) is 2.99.